The number of aromatic amines is 1. The van der Waals surface area contributed by atoms with Gasteiger partial charge in [0.05, 0.1) is 11.7 Å². The number of hydrogen-bond acceptors (Lipinski definition) is 3. The van der Waals surface area contributed by atoms with Crippen molar-refractivity contribution in [3.63, 3.8) is 0 Å². The van der Waals surface area contributed by atoms with E-state index in [4.69, 9.17) is 0 Å². The molecular weight excluding hydrogens is 303 g/mol. The van der Waals surface area contributed by atoms with E-state index in [0.717, 1.165) is 27.7 Å². The Balaban J connectivity index is 1.84. The minimum absolute atomic E-state index is 0.146. The van der Waals surface area contributed by atoms with Crippen LogP contribution in [0.3, 0.4) is 0 Å². The van der Waals surface area contributed by atoms with Crippen molar-refractivity contribution in [1.29, 1.82) is 0 Å². The Morgan fingerprint density at radius 1 is 1.00 bits per heavy atom. The van der Waals surface area contributed by atoms with Crippen LogP contribution in [0.4, 0.5) is 10.1 Å². The van der Waals surface area contributed by atoms with Crippen molar-refractivity contribution in [3.05, 3.63) is 90.4 Å². The second kappa shape index (κ2) is 6.12. The molecule has 0 radical (unpaired) electrons. The first-order chi connectivity index (χ1) is 11.8. The summed E-state index contributed by atoms with van der Waals surface area (Å²) < 4.78 is 13.7. The summed E-state index contributed by atoms with van der Waals surface area (Å²) in [6.45, 7) is 0. The first kappa shape index (κ1) is 14.4. The van der Waals surface area contributed by atoms with Crippen molar-refractivity contribution in [2.24, 2.45) is 0 Å². The van der Waals surface area contributed by atoms with E-state index in [1.54, 1.807) is 36.9 Å². The summed E-state index contributed by atoms with van der Waals surface area (Å²) in [6, 6.07) is 12.4. The summed E-state index contributed by atoms with van der Waals surface area (Å²) in [5, 5.41) is 4.33. The summed E-state index contributed by atoms with van der Waals surface area (Å²) in [4.78, 5) is 11.4. The molecule has 0 saturated carbocycles. The lowest BCUT2D eigenvalue weighted by molar-refractivity contribution is 0.629. The van der Waals surface area contributed by atoms with Crippen molar-refractivity contribution in [2.45, 2.75) is 6.04 Å². The minimum Gasteiger partial charge on any atom is -0.373 e. The smallest absolute Gasteiger partial charge is 0.123 e. The Labute approximate surface area is 138 Å². The lowest BCUT2D eigenvalue weighted by Gasteiger charge is -2.20. The average molecular weight is 318 g/mol. The maximum atomic E-state index is 13.7. The number of benzene rings is 1. The highest BCUT2D eigenvalue weighted by atomic mass is 19.1. The molecule has 3 heterocycles. The zero-order valence-electron chi connectivity index (χ0n) is 12.8. The molecule has 2 N–H and O–H groups in total. The topological polar surface area (TPSA) is 53.6 Å². The van der Waals surface area contributed by atoms with E-state index in [2.05, 4.69) is 20.3 Å². The van der Waals surface area contributed by atoms with E-state index in [1.165, 1.54) is 6.07 Å². The molecule has 0 amide bonds. The molecule has 4 rings (SSSR count). The lowest BCUT2D eigenvalue weighted by Crippen LogP contribution is -2.12. The zero-order valence-corrected chi connectivity index (χ0v) is 12.8. The van der Waals surface area contributed by atoms with E-state index in [9.17, 15) is 4.39 Å². The van der Waals surface area contributed by atoms with Crippen LogP contribution in [0.25, 0.3) is 10.9 Å². The summed E-state index contributed by atoms with van der Waals surface area (Å²) in [6.07, 6.45) is 8.92. The van der Waals surface area contributed by atoms with Crippen LogP contribution in [-0.2, 0) is 0 Å². The Bertz CT molecular complexity index is 951. The van der Waals surface area contributed by atoms with Gasteiger partial charge in [-0.25, -0.2) is 4.39 Å². The Morgan fingerprint density at radius 3 is 2.67 bits per heavy atom. The predicted octanol–water partition coefficient (Wildman–Crippen LogP) is 4.30. The third kappa shape index (κ3) is 2.72. The highest BCUT2D eigenvalue weighted by molar-refractivity contribution is 5.84. The molecule has 0 aliphatic carbocycles. The maximum Gasteiger partial charge on any atom is 0.123 e. The largest absolute Gasteiger partial charge is 0.373 e. The molecular formula is C19H15FN4. The molecule has 5 heteroatoms. The molecule has 0 bridgehead atoms. The van der Waals surface area contributed by atoms with Crippen molar-refractivity contribution in [1.82, 2.24) is 15.0 Å². The highest BCUT2D eigenvalue weighted by Gasteiger charge is 2.18. The first-order valence-corrected chi connectivity index (χ1v) is 7.64. The molecule has 1 atom stereocenters. The second-order valence-electron chi connectivity index (χ2n) is 5.53. The molecule has 0 spiro atoms. The number of pyridine rings is 2. The van der Waals surface area contributed by atoms with Crippen molar-refractivity contribution < 1.29 is 4.39 Å². The molecule has 4 aromatic rings. The van der Waals surface area contributed by atoms with Gasteiger partial charge in [0.2, 0.25) is 0 Å². The monoisotopic (exact) mass is 318 g/mol. The number of fused-ring (bicyclic) bond motifs is 1. The van der Waals surface area contributed by atoms with Gasteiger partial charge in [-0.2, -0.15) is 0 Å². The normalized spacial score (nSPS) is 12.2. The van der Waals surface area contributed by atoms with E-state index in [1.807, 2.05) is 30.5 Å². The van der Waals surface area contributed by atoms with Crippen LogP contribution in [0.15, 0.2) is 73.4 Å². The van der Waals surface area contributed by atoms with Crippen LogP contribution in [-0.4, -0.2) is 15.0 Å². The molecule has 24 heavy (non-hydrogen) atoms. The van der Waals surface area contributed by atoms with E-state index in [-0.39, 0.29) is 11.9 Å². The summed E-state index contributed by atoms with van der Waals surface area (Å²) >= 11 is 0. The molecule has 1 unspecified atom stereocenters. The minimum atomic E-state index is -0.252. The van der Waals surface area contributed by atoms with E-state index >= 15 is 0 Å². The van der Waals surface area contributed by atoms with Gasteiger partial charge in [-0.1, -0.05) is 0 Å². The van der Waals surface area contributed by atoms with E-state index < -0.39 is 0 Å². The molecule has 3 aromatic heterocycles. The third-order valence-corrected chi connectivity index (χ3v) is 4.00. The SMILES string of the molecule is Fc1ccc2[nH]cc(C(Nc3cccnc3)c3ccncc3)c2c1. The molecule has 4 nitrogen and oxygen atoms in total. The second-order valence-corrected chi connectivity index (χ2v) is 5.53. The number of rotatable bonds is 4. The van der Waals surface area contributed by atoms with Gasteiger partial charge in [-0.05, 0) is 48.0 Å². The van der Waals surface area contributed by atoms with E-state index in [0.29, 0.717) is 0 Å². The Hall–Kier alpha value is -3.21. The molecule has 1 aromatic carbocycles. The first-order valence-electron chi connectivity index (χ1n) is 7.64. The Kier molecular flexibility index (Phi) is 3.67. The zero-order chi connectivity index (χ0) is 16.4. The van der Waals surface area contributed by atoms with Crippen LogP contribution >= 0.6 is 0 Å². The fourth-order valence-corrected chi connectivity index (χ4v) is 2.86. The number of hydrogen-bond donors (Lipinski definition) is 2. The third-order valence-electron chi connectivity index (χ3n) is 4.00. The summed E-state index contributed by atoms with van der Waals surface area (Å²) in [5.74, 6) is -0.252. The standard InChI is InChI=1S/C19H15FN4/c20-14-3-4-18-16(10-14)17(12-23-18)19(13-5-8-21-9-6-13)24-15-2-1-7-22-11-15/h1-12,19,23-24H. The van der Waals surface area contributed by atoms with Crippen LogP contribution in [0.1, 0.15) is 17.2 Å². The average Bonchev–Trinajstić information content (AvgIpc) is 3.04. The number of anilines is 1. The van der Waals surface area contributed by atoms with Gasteiger partial charge in [-0.15, -0.1) is 0 Å². The van der Waals surface area contributed by atoms with Gasteiger partial charge >= 0.3 is 0 Å². The quantitative estimate of drug-likeness (QED) is 0.590. The van der Waals surface area contributed by atoms with Gasteiger partial charge in [0.25, 0.3) is 0 Å². The molecule has 0 saturated heterocycles. The van der Waals surface area contributed by atoms with Crippen molar-refractivity contribution in [2.75, 3.05) is 5.32 Å². The van der Waals surface area contributed by atoms with Crippen LogP contribution in [0.2, 0.25) is 0 Å². The van der Waals surface area contributed by atoms with Gasteiger partial charge in [-0.3, -0.25) is 9.97 Å². The fraction of sp³-hybridized carbons (Fsp3) is 0.0526. The highest BCUT2D eigenvalue weighted by Crippen LogP contribution is 2.32. The van der Waals surface area contributed by atoms with Crippen LogP contribution < -0.4 is 5.32 Å². The number of nitrogens with one attached hydrogen (secondary N) is 2. The van der Waals surface area contributed by atoms with Gasteiger partial charge in [0, 0.05) is 47.5 Å². The number of aromatic nitrogens is 3. The fourth-order valence-electron chi connectivity index (χ4n) is 2.86. The molecule has 118 valence electrons. The summed E-state index contributed by atoms with van der Waals surface area (Å²) in [7, 11) is 0. The lowest BCUT2D eigenvalue weighted by atomic mass is 9.98. The molecule has 0 aliphatic heterocycles. The molecule has 0 aliphatic rings. The maximum absolute atomic E-state index is 13.7. The van der Waals surface area contributed by atoms with Gasteiger partial charge in [0.15, 0.2) is 0 Å². The predicted molar refractivity (Wildman–Crippen MR) is 92.2 cm³/mol. The number of H-pyrrole nitrogens is 1. The van der Waals surface area contributed by atoms with Crippen LogP contribution in [0.5, 0.6) is 0 Å². The number of nitrogens with zero attached hydrogens (tertiary/aromatic N) is 2. The summed E-state index contributed by atoms with van der Waals surface area (Å²) in [5.41, 5.74) is 3.81. The van der Waals surface area contributed by atoms with Crippen molar-refractivity contribution in [3.8, 4) is 0 Å². The van der Waals surface area contributed by atoms with Crippen molar-refractivity contribution >= 4 is 16.6 Å². The number of halogens is 1. The van der Waals surface area contributed by atoms with Gasteiger partial charge < -0.3 is 10.3 Å². The molecule has 0 fully saturated rings. The van der Waals surface area contributed by atoms with Gasteiger partial charge in [0.1, 0.15) is 5.82 Å². The van der Waals surface area contributed by atoms with Crippen LogP contribution in [0, 0.1) is 5.82 Å². The Morgan fingerprint density at radius 2 is 1.88 bits per heavy atom.